The quantitative estimate of drug-likeness (QED) is 0.736. The molecule has 0 aliphatic heterocycles. The van der Waals surface area contributed by atoms with E-state index in [1.54, 1.807) is 0 Å². The molecular weight excluding hydrogens is 328 g/mol. The Labute approximate surface area is 142 Å². The Morgan fingerprint density at radius 3 is 2.48 bits per heavy atom. The van der Waals surface area contributed by atoms with E-state index in [4.69, 9.17) is 4.42 Å². The molecule has 0 fully saturated rings. The number of carbonyl (C=O) groups excluding carboxylic acids is 1. The average Bonchev–Trinajstić information content (AvgIpc) is 3.08. The van der Waals surface area contributed by atoms with E-state index in [2.05, 4.69) is 15.6 Å². The predicted molar refractivity (Wildman–Crippen MR) is 89.0 cm³/mol. The zero-order chi connectivity index (χ0) is 17.6. The van der Waals surface area contributed by atoms with Crippen LogP contribution in [0.15, 0.2) is 59.2 Å². The standard InChI is InChI=1S/C18H15F2N3O2/c19-14-7-4-8-15(20)16(14)23-18(24)21-10-9-13-11-25-17(22-13)12-5-2-1-3-6-12/h1-8,11H,9-10H2,(H2,21,23,24). The third-order valence-corrected chi connectivity index (χ3v) is 3.44. The van der Waals surface area contributed by atoms with Crippen molar-refractivity contribution < 1.29 is 18.0 Å². The monoisotopic (exact) mass is 343 g/mol. The molecule has 25 heavy (non-hydrogen) atoms. The molecule has 7 heteroatoms. The van der Waals surface area contributed by atoms with Gasteiger partial charge in [0, 0.05) is 18.5 Å². The van der Waals surface area contributed by atoms with Gasteiger partial charge in [-0.25, -0.2) is 18.6 Å². The van der Waals surface area contributed by atoms with Crippen LogP contribution in [-0.2, 0) is 6.42 Å². The first-order chi connectivity index (χ1) is 12.1. The summed E-state index contributed by atoms with van der Waals surface area (Å²) in [6.07, 6.45) is 1.93. The number of urea groups is 1. The third-order valence-electron chi connectivity index (χ3n) is 3.44. The lowest BCUT2D eigenvalue weighted by Gasteiger charge is -2.08. The average molecular weight is 343 g/mol. The molecule has 1 aromatic heterocycles. The second kappa shape index (κ2) is 7.57. The largest absolute Gasteiger partial charge is 0.444 e. The molecule has 2 N–H and O–H groups in total. The fraction of sp³-hybridized carbons (Fsp3) is 0.111. The summed E-state index contributed by atoms with van der Waals surface area (Å²) in [4.78, 5) is 16.1. The highest BCUT2D eigenvalue weighted by molar-refractivity contribution is 5.89. The molecule has 0 spiro atoms. The van der Waals surface area contributed by atoms with E-state index in [1.807, 2.05) is 30.3 Å². The number of halogens is 2. The number of aromatic nitrogens is 1. The number of nitrogens with one attached hydrogen (secondary N) is 2. The molecule has 0 saturated carbocycles. The minimum absolute atomic E-state index is 0.239. The minimum Gasteiger partial charge on any atom is -0.444 e. The molecule has 0 atom stereocenters. The molecule has 5 nitrogen and oxygen atoms in total. The maximum atomic E-state index is 13.5. The van der Waals surface area contributed by atoms with Crippen LogP contribution in [0.1, 0.15) is 5.69 Å². The van der Waals surface area contributed by atoms with Crippen molar-refractivity contribution in [3.8, 4) is 11.5 Å². The van der Waals surface area contributed by atoms with Crippen LogP contribution in [0, 0.1) is 11.6 Å². The first kappa shape index (κ1) is 16.6. The molecule has 0 bridgehead atoms. The zero-order valence-electron chi connectivity index (χ0n) is 13.1. The van der Waals surface area contributed by atoms with Gasteiger partial charge in [0.05, 0.1) is 5.69 Å². The Bertz CT molecular complexity index is 846. The van der Waals surface area contributed by atoms with Gasteiger partial charge in [0.25, 0.3) is 0 Å². The number of carbonyl (C=O) groups is 1. The van der Waals surface area contributed by atoms with E-state index in [-0.39, 0.29) is 6.54 Å². The van der Waals surface area contributed by atoms with Crippen molar-refractivity contribution in [2.24, 2.45) is 0 Å². The Hall–Kier alpha value is -3.22. The molecule has 128 valence electrons. The molecule has 0 radical (unpaired) electrons. The molecule has 3 rings (SSSR count). The van der Waals surface area contributed by atoms with Crippen LogP contribution < -0.4 is 10.6 Å². The number of para-hydroxylation sites is 1. The van der Waals surface area contributed by atoms with E-state index in [0.29, 0.717) is 18.0 Å². The van der Waals surface area contributed by atoms with Gasteiger partial charge in [-0.15, -0.1) is 0 Å². The number of anilines is 1. The number of hydrogen-bond acceptors (Lipinski definition) is 3. The Morgan fingerprint density at radius 1 is 1.04 bits per heavy atom. The Balaban J connectivity index is 1.51. The van der Waals surface area contributed by atoms with Gasteiger partial charge in [-0.05, 0) is 24.3 Å². The van der Waals surface area contributed by atoms with Gasteiger partial charge in [0.2, 0.25) is 5.89 Å². The van der Waals surface area contributed by atoms with Gasteiger partial charge in [0.1, 0.15) is 23.6 Å². The highest BCUT2D eigenvalue weighted by atomic mass is 19.1. The van der Waals surface area contributed by atoms with E-state index < -0.39 is 23.4 Å². The topological polar surface area (TPSA) is 67.2 Å². The molecule has 0 aliphatic carbocycles. The van der Waals surface area contributed by atoms with E-state index in [1.165, 1.54) is 12.3 Å². The molecule has 0 saturated heterocycles. The number of oxazole rings is 1. The lowest BCUT2D eigenvalue weighted by atomic mass is 10.2. The van der Waals surface area contributed by atoms with Gasteiger partial charge in [0.15, 0.2) is 0 Å². The number of hydrogen-bond donors (Lipinski definition) is 2. The summed E-state index contributed by atoms with van der Waals surface area (Å²) in [5, 5.41) is 4.67. The molecule has 3 aromatic rings. The van der Waals surface area contributed by atoms with Crippen molar-refractivity contribution in [3.05, 3.63) is 72.1 Å². The lowest BCUT2D eigenvalue weighted by Crippen LogP contribution is -2.31. The van der Waals surface area contributed by atoms with Crippen LogP contribution >= 0.6 is 0 Å². The Morgan fingerprint density at radius 2 is 1.76 bits per heavy atom. The van der Waals surface area contributed by atoms with Crippen molar-refractivity contribution in [1.29, 1.82) is 0 Å². The van der Waals surface area contributed by atoms with Crippen LogP contribution in [0.25, 0.3) is 11.5 Å². The fourth-order valence-corrected chi connectivity index (χ4v) is 2.21. The van der Waals surface area contributed by atoms with Gasteiger partial charge in [-0.1, -0.05) is 24.3 Å². The molecule has 1 heterocycles. The SMILES string of the molecule is O=C(NCCc1coc(-c2ccccc2)n1)Nc1c(F)cccc1F. The second-order valence-electron chi connectivity index (χ2n) is 5.24. The summed E-state index contributed by atoms with van der Waals surface area (Å²) in [5.74, 6) is -1.17. The van der Waals surface area contributed by atoms with Crippen LogP contribution in [0.4, 0.5) is 19.3 Å². The van der Waals surface area contributed by atoms with Crippen molar-refractivity contribution in [1.82, 2.24) is 10.3 Å². The normalized spacial score (nSPS) is 10.5. The predicted octanol–water partition coefficient (Wildman–Crippen LogP) is 3.98. The van der Waals surface area contributed by atoms with Crippen LogP contribution in [0.5, 0.6) is 0 Å². The third kappa shape index (κ3) is 4.20. The summed E-state index contributed by atoms with van der Waals surface area (Å²) < 4.78 is 32.3. The van der Waals surface area contributed by atoms with Crippen molar-refractivity contribution in [3.63, 3.8) is 0 Å². The van der Waals surface area contributed by atoms with Gasteiger partial charge in [-0.3, -0.25) is 0 Å². The lowest BCUT2D eigenvalue weighted by molar-refractivity contribution is 0.252. The fourth-order valence-electron chi connectivity index (χ4n) is 2.21. The maximum Gasteiger partial charge on any atom is 0.319 e. The van der Waals surface area contributed by atoms with E-state index in [0.717, 1.165) is 17.7 Å². The second-order valence-corrected chi connectivity index (χ2v) is 5.24. The molecule has 2 amide bonds. The first-order valence-electron chi connectivity index (χ1n) is 7.62. The number of benzene rings is 2. The summed E-state index contributed by atoms with van der Waals surface area (Å²) in [6.45, 7) is 0.239. The van der Waals surface area contributed by atoms with Crippen molar-refractivity contribution in [2.75, 3.05) is 11.9 Å². The van der Waals surface area contributed by atoms with Gasteiger partial charge >= 0.3 is 6.03 Å². The van der Waals surface area contributed by atoms with Gasteiger partial charge < -0.3 is 15.1 Å². The zero-order valence-corrected chi connectivity index (χ0v) is 13.1. The van der Waals surface area contributed by atoms with Gasteiger partial charge in [-0.2, -0.15) is 0 Å². The smallest absolute Gasteiger partial charge is 0.319 e. The van der Waals surface area contributed by atoms with Crippen molar-refractivity contribution in [2.45, 2.75) is 6.42 Å². The molecule has 0 aliphatic rings. The minimum atomic E-state index is -0.834. The number of amides is 2. The van der Waals surface area contributed by atoms with E-state index in [9.17, 15) is 13.6 Å². The first-order valence-corrected chi connectivity index (χ1v) is 7.62. The molecule has 0 unspecified atom stereocenters. The molecular formula is C18H15F2N3O2. The van der Waals surface area contributed by atoms with E-state index >= 15 is 0 Å². The Kier molecular flexibility index (Phi) is 5.03. The number of nitrogens with zero attached hydrogens (tertiary/aromatic N) is 1. The summed E-state index contributed by atoms with van der Waals surface area (Å²) in [5.41, 5.74) is 1.04. The highest BCUT2D eigenvalue weighted by Gasteiger charge is 2.12. The maximum absolute atomic E-state index is 13.5. The van der Waals surface area contributed by atoms with Crippen LogP contribution in [0.3, 0.4) is 0 Å². The summed E-state index contributed by atoms with van der Waals surface area (Å²) >= 11 is 0. The highest BCUT2D eigenvalue weighted by Crippen LogP contribution is 2.18. The summed E-state index contributed by atoms with van der Waals surface area (Å²) in [7, 11) is 0. The number of rotatable bonds is 5. The van der Waals surface area contributed by atoms with Crippen LogP contribution in [-0.4, -0.2) is 17.6 Å². The van der Waals surface area contributed by atoms with Crippen molar-refractivity contribution >= 4 is 11.7 Å². The van der Waals surface area contributed by atoms with Crippen LogP contribution in [0.2, 0.25) is 0 Å². The summed E-state index contributed by atoms with van der Waals surface area (Å²) in [6, 6.07) is 12.1. The molecule has 2 aromatic carbocycles.